The van der Waals surface area contributed by atoms with Crippen LogP contribution in [-0.4, -0.2) is 17.6 Å². The summed E-state index contributed by atoms with van der Waals surface area (Å²) in [6, 6.07) is 10.7. The maximum Gasteiger partial charge on any atom is 0.218 e. The molecule has 1 aromatic rings. The molecule has 0 bridgehead atoms. The molecule has 0 fully saturated rings. The smallest absolute Gasteiger partial charge is 0.218 e. The normalized spacial score (nSPS) is 18.9. The summed E-state index contributed by atoms with van der Waals surface area (Å²) in [5.74, 6) is -0.173. The van der Waals surface area contributed by atoms with Crippen LogP contribution in [-0.2, 0) is 4.84 Å². The lowest BCUT2D eigenvalue weighted by Gasteiger charge is -1.97. The molecule has 0 N–H and O–H groups in total. The molecule has 1 aliphatic heterocycles. The van der Waals surface area contributed by atoms with Crippen molar-refractivity contribution in [2.45, 2.75) is 12.5 Å². The third-order valence-corrected chi connectivity index (χ3v) is 2.11. The van der Waals surface area contributed by atoms with Crippen molar-refractivity contribution >= 4 is 11.5 Å². The van der Waals surface area contributed by atoms with Gasteiger partial charge in [0.1, 0.15) is 11.8 Å². The lowest BCUT2D eigenvalue weighted by atomic mass is 10.0. The minimum absolute atomic E-state index is 0.173. The SMILES string of the molecule is N#CC1CC(C(=O)c2ccccc2)=NO1. The third kappa shape index (κ3) is 1.86. The van der Waals surface area contributed by atoms with Gasteiger partial charge in [0.2, 0.25) is 11.9 Å². The number of hydrogen-bond acceptors (Lipinski definition) is 4. The van der Waals surface area contributed by atoms with Gasteiger partial charge in [-0.3, -0.25) is 4.79 Å². The van der Waals surface area contributed by atoms with Gasteiger partial charge in [-0.2, -0.15) is 5.26 Å². The summed E-state index contributed by atoms with van der Waals surface area (Å²) in [6.07, 6.45) is -0.350. The van der Waals surface area contributed by atoms with Gasteiger partial charge >= 0.3 is 0 Å². The highest BCUT2D eigenvalue weighted by Crippen LogP contribution is 2.13. The number of Topliss-reactive ketones (excluding diaryl/α,β-unsaturated/α-hetero) is 1. The van der Waals surface area contributed by atoms with Crippen LogP contribution >= 0.6 is 0 Å². The van der Waals surface area contributed by atoms with Crippen molar-refractivity contribution in [2.24, 2.45) is 5.16 Å². The summed E-state index contributed by atoms with van der Waals surface area (Å²) in [6.45, 7) is 0. The van der Waals surface area contributed by atoms with E-state index >= 15 is 0 Å². The van der Waals surface area contributed by atoms with Crippen LogP contribution in [0.4, 0.5) is 0 Å². The number of benzene rings is 1. The number of rotatable bonds is 2. The molecular formula is C11H8N2O2. The van der Waals surface area contributed by atoms with E-state index in [1.807, 2.05) is 12.1 Å². The highest BCUT2D eigenvalue weighted by molar-refractivity contribution is 6.46. The molecule has 1 aliphatic rings. The van der Waals surface area contributed by atoms with E-state index in [1.54, 1.807) is 24.3 Å². The van der Waals surface area contributed by atoms with Crippen molar-refractivity contribution in [3.05, 3.63) is 35.9 Å². The fourth-order valence-corrected chi connectivity index (χ4v) is 1.34. The van der Waals surface area contributed by atoms with Gasteiger partial charge < -0.3 is 4.84 Å². The van der Waals surface area contributed by atoms with Crippen LogP contribution in [0.5, 0.6) is 0 Å². The van der Waals surface area contributed by atoms with Crippen LogP contribution in [0.3, 0.4) is 0 Å². The van der Waals surface area contributed by atoms with Crippen molar-refractivity contribution in [1.29, 1.82) is 5.26 Å². The van der Waals surface area contributed by atoms with E-state index in [0.717, 1.165) is 0 Å². The lowest BCUT2D eigenvalue weighted by molar-refractivity contribution is 0.106. The van der Waals surface area contributed by atoms with Gasteiger partial charge in [0.05, 0.1) is 6.42 Å². The van der Waals surface area contributed by atoms with Gasteiger partial charge in [-0.1, -0.05) is 35.5 Å². The Balaban J connectivity index is 2.15. The molecule has 1 aromatic carbocycles. The van der Waals surface area contributed by atoms with Gasteiger partial charge in [0, 0.05) is 5.56 Å². The van der Waals surface area contributed by atoms with Gasteiger partial charge in [0.15, 0.2) is 0 Å². The molecule has 15 heavy (non-hydrogen) atoms. The van der Waals surface area contributed by atoms with E-state index in [4.69, 9.17) is 10.1 Å². The Morgan fingerprint density at radius 3 is 2.80 bits per heavy atom. The van der Waals surface area contributed by atoms with Crippen LogP contribution in [0.2, 0.25) is 0 Å². The summed E-state index contributed by atoms with van der Waals surface area (Å²) < 4.78 is 0. The van der Waals surface area contributed by atoms with E-state index in [-0.39, 0.29) is 12.2 Å². The van der Waals surface area contributed by atoms with Crippen LogP contribution in [0.1, 0.15) is 16.8 Å². The molecule has 0 spiro atoms. The highest BCUT2D eigenvalue weighted by Gasteiger charge is 2.26. The first-order valence-corrected chi connectivity index (χ1v) is 4.53. The fraction of sp³-hybridized carbons (Fsp3) is 0.182. The van der Waals surface area contributed by atoms with Crippen LogP contribution in [0.15, 0.2) is 35.5 Å². The predicted octanol–water partition coefficient (Wildman–Crippen LogP) is 1.54. The monoisotopic (exact) mass is 200 g/mol. The molecule has 0 aliphatic carbocycles. The fourth-order valence-electron chi connectivity index (χ4n) is 1.34. The molecule has 4 nitrogen and oxygen atoms in total. The molecule has 0 aromatic heterocycles. The molecule has 74 valence electrons. The van der Waals surface area contributed by atoms with E-state index < -0.39 is 6.10 Å². The van der Waals surface area contributed by atoms with Crippen molar-refractivity contribution in [3.63, 3.8) is 0 Å². The second-order valence-electron chi connectivity index (χ2n) is 3.16. The Morgan fingerprint density at radius 1 is 1.47 bits per heavy atom. The topological polar surface area (TPSA) is 62.5 Å². The maximum absolute atomic E-state index is 11.8. The second kappa shape index (κ2) is 3.93. The Bertz CT molecular complexity index is 445. The van der Waals surface area contributed by atoms with Crippen molar-refractivity contribution < 1.29 is 9.63 Å². The largest absolute Gasteiger partial charge is 0.376 e. The standard InChI is InChI=1S/C11H8N2O2/c12-7-9-6-10(13-15-9)11(14)8-4-2-1-3-5-8/h1-5,9H,6H2. The molecule has 2 rings (SSSR count). The summed E-state index contributed by atoms with van der Waals surface area (Å²) in [5, 5.41) is 12.2. The number of carbonyl (C=O) groups excluding carboxylic acids is 1. The van der Waals surface area contributed by atoms with Crippen LogP contribution in [0.25, 0.3) is 0 Å². The lowest BCUT2D eigenvalue weighted by Crippen LogP contribution is -2.14. The maximum atomic E-state index is 11.8. The first-order chi connectivity index (χ1) is 7.31. The molecule has 4 heteroatoms. The predicted molar refractivity (Wildman–Crippen MR) is 53.3 cm³/mol. The van der Waals surface area contributed by atoms with Gasteiger partial charge in [-0.05, 0) is 0 Å². The molecule has 1 unspecified atom stereocenters. The zero-order valence-corrected chi connectivity index (χ0v) is 7.88. The highest BCUT2D eigenvalue weighted by atomic mass is 16.6. The zero-order chi connectivity index (χ0) is 10.7. The van der Waals surface area contributed by atoms with Gasteiger partial charge in [-0.15, -0.1) is 0 Å². The van der Waals surface area contributed by atoms with E-state index in [1.165, 1.54) is 0 Å². The van der Waals surface area contributed by atoms with Crippen molar-refractivity contribution in [2.75, 3.05) is 0 Å². The Morgan fingerprint density at radius 2 is 2.20 bits per heavy atom. The summed E-state index contributed by atoms with van der Waals surface area (Å²) in [5.41, 5.74) is 0.881. The first kappa shape index (κ1) is 9.41. The zero-order valence-electron chi connectivity index (χ0n) is 7.88. The molecule has 0 amide bonds. The molecule has 1 atom stereocenters. The summed E-state index contributed by atoms with van der Waals surface area (Å²) in [7, 11) is 0. The number of ketones is 1. The number of nitrogens with zero attached hydrogens (tertiary/aromatic N) is 2. The van der Waals surface area contributed by atoms with E-state index in [0.29, 0.717) is 11.3 Å². The second-order valence-corrected chi connectivity index (χ2v) is 3.16. The number of carbonyl (C=O) groups is 1. The molecule has 1 heterocycles. The molecule has 0 saturated carbocycles. The van der Waals surface area contributed by atoms with Crippen LogP contribution in [0, 0.1) is 11.3 Å². The van der Waals surface area contributed by atoms with Crippen molar-refractivity contribution in [1.82, 2.24) is 0 Å². The number of nitriles is 1. The number of hydrogen-bond donors (Lipinski definition) is 0. The number of oxime groups is 1. The van der Waals surface area contributed by atoms with Crippen molar-refractivity contribution in [3.8, 4) is 6.07 Å². The molecule has 0 saturated heterocycles. The molecule has 0 radical (unpaired) electrons. The quantitative estimate of drug-likeness (QED) is 0.680. The summed E-state index contributed by atoms with van der Waals surface area (Å²) in [4.78, 5) is 16.6. The summed E-state index contributed by atoms with van der Waals surface area (Å²) >= 11 is 0. The van der Waals surface area contributed by atoms with Crippen LogP contribution < -0.4 is 0 Å². The minimum atomic E-state index is -0.618. The Hall–Kier alpha value is -2.15. The minimum Gasteiger partial charge on any atom is -0.376 e. The van der Waals surface area contributed by atoms with E-state index in [9.17, 15) is 4.79 Å². The Labute approximate surface area is 86.8 Å². The molecular weight excluding hydrogens is 192 g/mol. The average molecular weight is 200 g/mol. The Kier molecular flexibility index (Phi) is 2.46. The van der Waals surface area contributed by atoms with Gasteiger partial charge in [0.25, 0.3) is 0 Å². The third-order valence-electron chi connectivity index (χ3n) is 2.11. The first-order valence-electron chi connectivity index (χ1n) is 4.53. The van der Waals surface area contributed by atoms with Gasteiger partial charge in [-0.25, -0.2) is 0 Å². The average Bonchev–Trinajstić information content (AvgIpc) is 2.78. The van der Waals surface area contributed by atoms with E-state index in [2.05, 4.69) is 5.16 Å².